The molecule has 0 bridgehead atoms. The molecule has 0 amide bonds. The van der Waals surface area contributed by atoms with Crippen LogP contribution in [0.3, 0.4) is 0 Å². The lowest BCUT2D eigenvalue weighted by atomic mass is 10.1. The Morgan fingerprint density at radius 2 is 1.84 bits per heavy atom. The van der Waals surface area contributed by atoms with E-state index in [1.165, 1.54) is 10.8 Å². The van der Waals surface area contributed by atoms with Gasteiger partial charge in [-0.3, -0.25) is 14.2 Å². The lowest BCUT2D eigenvalue weighted by molar-refractivity contribution is -0.136. The molecule has 0 radical (unpaired) electrons. The molecule has 0 saturated carbocycles. The fraction of sp³-hybridized carbons (Fsp3) is 0.167. The molecule has 0 atom stereocenters. The van der Waals surface area contributed by atoms with E-state index in [0.29, 0.717) is 44.3 Å². The molecule has 0 aliphatic carbocycles. The minimum absolute atomic E-state index is 0.00694. The van der Waals surface area contributed by atoms with Crippen LogP contribution in [0.1, 0.15) is 27.4 Å². The number of carboxylic acids is 1. The second-order valence-electron chi connectivity index (χ2n) is 6.90. The average Bonchev–Trinajstić information content (AvgIpc) is 3.40. The van der Waals surface area contributed by atoms with E-state index >= 15 is 0 Å². The van der Waals surface area contributed by atoms with Crippen LogP contribution in [0.5, 0.6) is 5.75 Å². The highest BCUT2D eigenvalue weighted by atomic mass is 35.5. The van der Waals surface area contributed by atoms with Crippen molar-refractivity contribution in [3.63, 3.8) is 0 Å². The van der Waals surface area contributed by atoms with Crippen LogP contribution in [0, 0.1) is 6.92 Å². The Balaban J connectivity index is 0.000000352. The summed E-state index contributed by atoms with van der Waals surface area (Å²) >= 11 is 5.89. The Hall–Kier alpha value is -3.55. The molecule has 0 fully saturated rings. The van der Waals surface area contributed by atoms with E-state index in [-0.39, 0.29) is 18.9 Å². The lowest BCUT2D eigenvalue weighted by Crippen LogP contribution is -2.14. The van der Waals surface area contributed by atoms with E-state index < -0.39 is 5.97 Å². The lowest BCUT2D eigenvalue weighted by Gasteiger charge is -2.08. The molecule has 2 aromatic carbocycles. The highest BCUT2D eigenvalue weighted by Gasteiger charge is 2.21. The number of aliphatic hydroxyl groups excluding tert-OH is 1. The summed E-state index contributed by atoms with van der Waals surface area (Å²) in [5, 5.41) is 18.8. The Morgan fingerprint density at radius 1 is 1.12 bits per heavy atom. The van der Waals surface area contributed by atoms with Gasteiger partial charge in [-0.15, -0.1) is 0 Å². The largest absolute Gasteiger partial charge is 0.497 e. The number of aliphatic hydroxyl groups is 1. The fourth-order valence-corrected chi connectivity index (χ4v) is 3.48. The zero-order chi connectivity index (χ0) is 23.3. The predicted octanol–water partition coefficient (Wildman–Crippen LogP) is 4.70. The molecule has 0 saturated heterocycles. The van der Waals surface area contributed by atoms with Gasteiger partial charge in [-0.25, -0.2) is 0 Å². The Labute approximate surface area is 189 Å². The van der Waals surface area contributed by atoms with Crippen LogP contribution in [0.15, 0.2) is 65.3 Å². The Kier molecular flexibility index (Phi) is 7.35. The van der Waals surface area contributed by atoms with E-state index in [1.807, 2.05) is 0 Å². The minimum atomic E-state index is -0.955. The van der Waals surface area contributed by atoms with Crippen molar-refractivity contribution in [2.24, 2.45) is 0 Å². The standard InChI is InChI=1S/C19H16ClNO4.C5H6O2/c1-11-15(10-18(22)23)16-9-14(25-2)7-8-17(16)21(11)19(24)12-3-5-13(20)6-4-12;6-4-5-2-1-3-7-5/h3-9H,10H2,1-2H3,(H,22,23);1-3,6H,4H2. The number of carbonyl (C=O) groups excluding carboxylic acids is 1. The highest BCUT2D eigenvalue weighted by molar-refractivity contribution is 6.30. The van der Waals surface area contributed by atoms with Gasteiger partial charge in [0.05, 0.1) is 25.3 Å². The number of hydrogen-bond acceptors (Lipinski definition) is 5. The molecule has 0 spiro atoms. The van der Waals surface area contributed by atoms with Crippen LogP contribution in [-0.4, -0.2) is 33.8 Å². The SMILES string of the molecule is COc1ccc2c(c1)c(CC(=O)O)c(C)n2C(=O)c1ccc(Cl)cc1.OCc1ccco1. The van der Waals surface area contributed by atoms with Crippen LogP contribution in [-0.2, 0) is 17.8 Å². The zero-order valence-corrected chi connectivity index (χ0v) is 18.3. The number of fused-ring (bicyclic) bond motifs is 1. The van der Waals surface area contributed by atoms with Gasteiger partial charge >= 0.3 is 5.97 Å². The summed E-state index contributed by atoms with van der Waals surface area (Å²) in [4.78, 5) is 24.3. The van der Waals surface area contributed by atoms with E-state index in [0.717, 1.165) is 0 Å². The van der Waals surface area contributed by atoms with Crippen molar-refractivity contribution in [1.82, 2.24) is 4.57 Å². The molecule has 2 aromatic heterocycles. The molecule has 7 nitrogen and oxygen atoms in total. The summed E-state index contributed by atoms with van der Waals surface area (Å²) in [6.07, 6.45) is 1.36. The van der Waals surface area contributed by atoms with E-state index in [9.17, 15) is 14.7 Å². The molecule has 2 heterocycles. The number of benzene rings is 2. The third-order valence-corrected chi connectivity index (χ3v) is 5.15. The van der Waals surface area contributed by atoms with Gasteiger partial charge in [0.2, 0.25) is 0 Å². The van der Waals surface area contributed by atoms with Gasteiger partial charge in [0.1, 0.15) is 18.1 Å². The van der Waals surface area contributed by atoms with Crippen molar-refractivity contribution in [2.75, 3.05) is 7.11 Å². The number of aromatic nitrogens is 1. The maximum atomic E-state index is 13.0. The molecule has 4 aromatic rings. The first-order valence-corrected chi connectivity index (χ1v) is 10.1. The normalized spacial score (nSPS) is 10.5. The van der Waals surface area contributed by atoms with Crippen LogP contribution in [0.2, 0.25) is 5.02 Å². The second-order valence-corrected chi connectivity index (χ2v) is 7.34. The van der Waals surface area contributed by atoms with Crippen LogP contribution in [0.25, 0.3) is 10.9 Å². The number of furan rings is 1. The second kappa shape index (κ2) is 10.2. The van der Waals surface area contributed by atoms with Crippen LogP contribution >= 0.6 is 11.6 Å². The number of carboxylic acid groups (broad SMARTS) is 1. The first-order valence-electron chi connectivity index (χ1n) is 9.69. The number of aliphatic carboxylic acids is 1. The number of ether oxygens (including phenoxy) is 1. The van der Waals surface area contributed by atoms with Crippen molar-refractivity contribution in [1.29, 1.82) is 0 Å². The van der Waals surface area contributed by atoms with Crippen molar-refractivity contribution in [2.45, 2.75) is 20.0 Å². The number of rotatable bonds is 5. The third-order valence-electron chi connectivity index (χ3n) is 4.90. The Morgan fingerprint density at radius 3 is 2.38 bits per heavy atom. The van der Waals surface area contributed by atoms with E-state index in [2.05, 4.69) is 0 Å². The van der Waals surface area contributed by atoms with Crippen molar-refractivity contribution in [3.8, 4) is 5.75 Å². The average molecular weight is 456 g/mol. The summed E-state index contributed by atoms with van der Waals surface area (Å²) in [7, 11) is 1.54. The minimum Gasteiger partial charge on any atom is -0.497 e. The van der Waals surface area contributed by atoms with Gasteiger partial charge in [-0.2, -0.15) is 0 Å². The van der Waals surface area contributed by atoms with Gasteiger partial charge in [0, 0.05) is 21.7 Å². The summed E-state index contributed by atoms with van der Waals surface area (Å²) in [5.74, 6) is 0.0279. The summed E-state index contributed by atoms with van der Waals surface area (Å²) in [6.45, 7) is 1.74. The zero-order valence-electron chi connectivity index (χ0n) is 17.5. The first-order chi connectivity index (χ1) is 15.3. The van der Waals surface area contributed by atoms with Crippen molar-refractivity contribution >= 4 is 34.4 Å². The Bertz CT molecular complexity index is 1230. The molecule has 8 heteroatoms. The van der Waals surface area contributed by atoms with E-state index in [1.54, 1.807) is 68.6 Å². The topological polar surface area (TPSA) is 102 Å². The molecule has 0 aliphatic rings. The molecule has 4 rings (SSSR count). The monoisotopic (exact) mass is 455 g/mol. The number of carbonyl (C=O) groups is 2. The van der Waals surface area contributed by atoms with Gasteiger partial charge in [0.15, 0.2) is 0 Å². The number of methoxy groups -OCH3 is 1. The maximum absolute atomic E-state index is 13.0. The molecule has 166 valence electrons. The van der Waals surface area contributed by atoms with Crippen LogP contribution < -0.4 is 4.74 Å². The predicted molar refractivity (Wildman–Crippen MR) is 120 cm³/mol. The van der Waals surface area contributed by atoms with E-state index in [4.69, 9.17) is 25.9 Å². The van der Waals surface area contributed by atoms with Gasteiger partial charge < -0.3 is 19.4 Å². The first kappa shape index (κ1) is 23.1. The summed E-state index contributed by atoms with van der Waals surface area (Å²) in [5.41, 5.74) is 2.32. The van der Waals surface area contributed by atoms with Gasteiger partial charge in [-0.1, -0.05) is 11.6 Å². The number of hydrogen-bond donors (Lipinski definition) is 2. The number of nitrogens with zero attached hydrogens (tertiary/aromatic N) is 1. The van der Waals surface area contributed by atoms with Gasteiger partial charge in [-0.05, 0) is 67.1 Å². The fourth-order valence-electron chi connectivity index (χ4n) is 3.35. The highest BCUT2D eigenvalue weighted by Crippen LogP contribution is 2.30. The molecule has 2 N–H and O–H groups in total. The molecule has 0 unspecified atom stereocenters. The van der Waals surface area contributed by atoms with Crippen LogP contribution in [0.4, 0.5) is 0 Å². The van der Waals surface area contributed by atoms with Crippen molar-refractivity contribution in [3.05, 3.63) is 88.5 Å². The van der Waals surface area contributed by atoms with Crippen molar-refractivity contribution < 1.29 is 29.0 Å². The number of halogens is 1. The molecule has 0 aliphatic heterocycles. The summed E-state index contributed by atoms with van der Waals surface area (Å²) < 4.78 is 11.5. The van der Waals surface area contributed by atoms with Gasteiger partial charge in [0.25, 0.3) is 5.91 Å². The third kappa shape index (κ3) is 5.01. The molecule has 32 heavy (non-hydrogen) atoms. The summed E-state index contributed by atoms with van der Waals surface area (Å²) in [6, 6.07) is 15.3. The molecular weight excluding hydrogens is 434 g/mol. The quantitative estimate of drug-likeness (QED) is 0.452. The smallest absolute Gasteiger partial charge is 0.307 e. The maximum Gasteiger partial charge on any atom is 0.307 e. The molecular formula is C24H22ClNO6.